The Labute approximate surface area is 141 Å². The van der Waals surface area contributed by atoms with Gasteiger partial charge < -0.3 is 10.1 Å². The normalized spacial score (nSPS) is 10.3. The van der Waals surface area contributed by atoms with E-state index < -0.39 is 11.8 Å². The Morgan fingerprint density at radius 3 is 2.65 bits per heavy atom. The van der Waals surface area contributed by atoms with Crippen molar-refractivity contribution in [3.05, 3.63) is 58.6 Å². The van der Waals surface area contributed by atoms with Gasteiger partial charge in [0.05, 0.1) is 13.3 Å². The average Bonchev–Trinajstić information content (AvgIpc) is 2.56. The molecule has 0 bridgehead atoms. The number of ether oxygens (including phenoxy) is 1. The van der Waals surface area contributed by atoms with Gasteiger partial charge in [-0.15, -0.1) is 0 Å². The number of benzene rings is 2. The highest BCUT2D eigenvalue weighted by Gasteiger charge is 2.13. The molecule has 118 valence electrons. The first-order valence-electron chi connectivity index (χ1n) is 6.63. The topological polar surface area (TPSA) is 79.8 Å². The molecule has 0 aliphatic rings. The van der Waals surface area contributed by atoms with Gasteiger partial charge in [0.25, 0.3) is 0 Å². The van der Waals surface area contributed by atoms with E-state index in [2.05, 4.69) is 31.8 Å². The molecule has 0 saturated heterocycles. The number of hydrazone groups is 1. The number of amides is 2. The van der Waals surface area contributed by atoms with Gasteiger partial charge in [-0.1, -0.05) is 40.2 Å². The molecule has 7 heteroatoms. The molecule has 0 fully saturated rings. The lowest BCUT2D eigenvalue weighted by Gasteiger charge is -2.05. The van der Waals surface area contributed by atoms with Crippen LogP contribution >= 0.6 is 15.9 Å². The molecule has 0 aliphatic carbocycles. The number of anilines is 1. The molecule has 2 N–H and O–H groups in total. The number of carbonyl (C=O) groups is 2. The van der Waals surface area contributed by atoms with Crippen LogP contribution in [0.15, 0.2) is 58.1 Å². The lowest BCUT2D eigenvalue weighted by Crippen LogP contribution is -2.32. The van der Waals surface area contributed by atoms with Crippen LogP contribution in [0, 0.1) is 0 Å². The zero-order valence-corrected chi connectivity index (χ0v) is 13.8. The van der Waals surface area contributed by atoms with Crippen molar-refractivity contribution in [2.75, 3.05) is 12.4 Å². The van der Waals surface area contributed by atoms with Crippen molar-refractivity contribution in [3.8, 4) is 5.75 Å². The summed E-state index contributed by atoms with van der Waals surface area (Å²) in [5, 5.41) is 6.22. The summed E-state index contributed by atoms with van der Waals surface area (Å²) >= 11 is 3.36. The number of nitrogens with one attached hydrogen (secondary N) is 2. The average molecular weight is 376 g/mol. The molecule has 0 atom stereocenters. The second-order valence-electron chi connectivity index (χ2n) is 4.41. The molecule has 0 saturated carbocycles. The Balaban J connectivity index is 1.92. The maximum absolute atomic E-state index is 11.8. The molecule has 2 amide bonds. The van der Waals surface area contributed by atoms with Gasteiger partial charge in [-0.3, -0.25) is 9.59 Å². The van der Waals surface area contributed by atoms with Crippen molar-refractivity contribution in [2.24, 2.45) is 5.10 Å². The predicted molar refractivity (Wildman–Crippen MR) is 91.5 cm³/mol. The van der Waals surface area contributed by atoms with E-state index in [-0.39, 0.29) is 0 Å². The van der Waals surface area contributed by atoms with Gasteiger partial charge in [0.15, 0.2) is 0 Å². The molecule has 6 nitrogen and oxygen atoms in total. The lowest BCUT2D eigenvalue weighted by molar-refractivity contribution is -0.136. The Bertz CT molecular complexity index is 747. The van der Waals surface area contributed by atoms with Crippen LogP contribution in [0.2, 0.25) is 0 Å². The Morgan fingerprint density at radius 2 is 1.91 bits per heavy atom. The van der Waals surface area contributed by atoms with Crippen LogP contribution in [0.4, 0.5) is 5.69 Å². The predicted octanol–water partition coefficient (Wildman–Crippen LogP) is 2.55. The van der Waals surface area contributed by atoms with Crippen molar-refractivity contribution >= 4 is 39.6 Å². The third-order valence-corrected chi connectivity index (χ3v) is 3.53. The van der Waals surface area contributed by atoms with E-state index in [0.29, 0.717) is 11.4 Å². The highest BCUT2D eigenvalue weighted by Crippen LogP contribution is 2.16. The number of hydrogen-bond donors (Lipinski definition) is 2. The lowest BCUT2D eigenvalue weighted by atomic mass is 10.2. The highest BCUT2D eigenvalue weighted by atomic mass is 79.9. The van der Waals surface area contributed by atoms with E-state index in [1.165, 1.54) is 13.3 Å². The zero-order chi connectivity index (χ0) is 16.7. The van der Waals surface area contributed by atoms with E-state index in [9.17, 15) is 9.59 Å². The minimum atomic E-state index is -0.865. The van der Waals surface area contributed by atoms with E-state index in [1.54, 1.807) is 24.3 Å². The maximum atomic E-state index is 11.8. The minimum Gasteiger partial charge on any atom is -0.497 e. The van der Waals surface area contributed by atoms with Crippen molar-refractivity contribution in [1.29, 1.82) is 0 Å². The number of halogens is 1. The van der Waals surface area contributed by atoms with Crippen LogP contribution in [-0.2, 0) is 9.59 Å². The summed E-state index contributed by atoms with van der Waals surface area (Å²) in [7, 11) is 1.52. The quantitative estimate of drug-likeness (QED) is 0.489. The van der Waals surface area contributed by atoms with Crippen LogP contribution in [0.3, 0.4) is 0 Å². The number of rotatable bonds is 4. The van der Waals surface area contributed by atoms with E-state index in [1.807, 2.05) is 24.3 Å². The molecular weight excluding hydrogens is 362 g/mol. The fourth-order valence-electron chi connectivity index (χ4n) is 1.68. The van der Waals surface area contributed by atoms with Crippen LogP contribution in [0.1, 0.15) is 5.56 Å². The summed E-state index contributed by atoms with van der Waals surface area (Å²) in [5.74, 6) is -1.10. The maximum Gasteiger partial charge on any atom is 0.329 e. The van der Waals surface area contributed by atoms with Gasteiger partial charge in [-0.05, 0) is 18.2 Å². The summed E-state index contributed by atoms with van der Waals surface area (Å²) < 4.78 is 5.87. The smallest absolute Gasteiger partial charge is 0.329 e. The summed E-state index contributed by atoms with van der Waals surface area (Å²) in [5.41, 5.74) is 3.41. The fourth-order valence-corrected chi connectivity index (χ4v) is 2.07. The Hall–Kier alpha value is -2.67. The summed E-state index contributed by atoms with van der Waals surface area (Å²) in [4.78, 5) is 23.5. The van der Waals surface area contributed by atoms with Crippen molar-refractivity contribution < 1.29 is 14.3 Å². The van der Waals surface area contributed by atoms with E-state index in [4.69, 9.17) is 4.74 Å². The Morgan fingerprint density at radius 1 is 1.13 bits per heavy atom. The number of carbonyl (C=O) groups excluding carboxylic acids is 2. The Kier molecular flexibility index (Phi) is 5.87. The molecule has 2 aromatic carbocycles. The van der Waals surface area contributed by atoms with Crippen LogP contribution in [0.25, 0.3) is 0 Å². The largest absolute Gasteiger partial charge is 0.497 e. The van der Waals surface area contributed by atoms with Gasteiger partial charge in [0.1, 0.15) is 5.75 Å². The second kappa shape index (κ2) is 8.09. The highest BCUT2D eigenvalue weighted by molar-refractivity contribution is 9.10. The molecule has 0 aliphatic heterocycles. The standard InChI is InChI=1S/C16H14BrN3O3/c1-23-13-7-4-6-12(9-13)19-15(21)16(22)20-18-10-11-5-2-3-8-14(11)17/h2-10H,1H3,(H,19,21)(H,20,22)/b18-10-. The van der Waals surface area contributed by atoms with Gasteiger partial charge in [-0.2, -0.15) is 5.10 Å². The number of hydrogen-bond acceptors (Lipinski definition) is 4. The second-order valence-corrected chi connectivity index (χ2v) is 5.26. The van der Waals surface area contributed by atoms with Gasteiger partial charge >= 0.3 is 11.8 Å². The summed E-state index contributed by atoms with van der Waals surface area (Å²) in [6.45, 7) is 0. The fraction of sp³-hybridized carbons (Fsp3) is 0.0625. The van der Waals surface area contributed by atoms with Crippen LogP contribution in [0.5, 0.6) is 5.75 Å². The molecule has 23 heavy (non-hydrogen) atoms. The third-order valence-electron chi connectivity index (χ3n) is 2.81. The first-order chi connectivity index (χ1) is 11.1. The van der Waals surface area contributed by atoms with Gasteiger partial charge in [-0.25, -0.2) is 5.43 Å². The molecule has 0 unspecified atom stereocenters. The van der Waals surface area contributed by atoms with Gasteiger partial charge in [0.2, 0.25) is 0 Å². The van der Waals surface area contributed by atoms with E-state index >= 15 is 0 Å². The SMILES string of the molecule is COc1cccc(NC(=O)C(=O)N/N=C\c2ccccc2Br)c1. The first kappa shape index (κ1) is 16.7. The van der Waals surface area contributed by atoms with Gasteiger partial charge in [0, 0.05) is 21.8 Å². The number of methoxy groups -OCH3 is 1. The van der Waals surface area contributed by atoms with Crippen molar-refractivity contribution in [2.45, 2.75) is 0 Å². The molecule has 2 rings (SSSR count). The minimum absolute atomic E-state index is 0.458. The van der Waals surface area contributed by atoms with Crippen molar-refractivity contribution in [3.63, 3.8) is 0 Å². The molecule has 0 heterocycles. The van der Waals surface area contributed by atoms with Crippen molar-refractivity contribution in [1.82, 2.24) is 5.43 Å². The number of nitrogens with zero attached hydrogens (tertiary/aromatic N) is 1. The molecule has 0 aromatic heterocycles. The molecule has 0 radical (unpaired) electrons. The summed E-state index contributed by atoms with van der Waals surface area (Å²) in [6, 6.07) is 14.1. The van der Waals surface area contributed by atoms with Crippen LogP contribution < -0.4 is 15.5 Å². The zero-order valence-electron chi connectivity index (χ0n) is 12.2. The third kappa shape index (κ3) is 4.93. The monoisotopic (exact) mass is 375 g/mol. The first-order valence-corrected chi connectivity index (χ1v) is 7.42. The molecular formula is C16H14BrN3O3. The summed E-state index contributed by atoms with van der Waals surface area (Å²) in [6.07, 6.45) is 1.45. The van der Waals surface area contributed by atoms with Crippen LogP contribution in [-0.4, -0.2) is 25.1 Å². The van der Waals surface area contributed by atoms with E-state index in [0.717, 1.165) is 10.0 Å². The molecule has 0 spiro atoms. The molecule has 2 aromatic rings.